The summed E-state index contributed by atoms with van der Waals surface area (Å²) in [6, 6.07) is 0. The Bertz CT molecular complexity index is 1170. The monoisotopic (exact) mass is 612 g/mol. The Morgan fingerprint density at radius 3 is 1.83 bits per heavy atom. The molecule has 0 amide bonds. The molecule has 1 heterocycles. The molecule has 232 valence electrons. The summed E-state index contributed by atoms with van der Waals surface area (Å²) in [6.07, 6.45) is -11.6. The third kappa shape index (κ3) is 5.07. The number of carbonyl (C=O) groups is 2. The molecule has 0 aromatic heterocycles. The number of phenols is 4. The quantitative estimate of drug-likeness (QED) is 0.0644. The second-order valence-corrected chi connectivity index (χ2v) is 10.9. The molecule has 0 radical (unpaired) electrons. The molecule has 1 aromatic carbocycles. The van der Waals surface area contributed by atoms with Gasteiger partial charge in [0.25, 0.3) is 0 Å². The van der Waals surface area contributed by atoms with E-state index < -0.39 is 111 Å². The van der Waals surface area contributed by atoms with E-state index in [0.29, 0.717) is 0 Å². The molecule has 1 aliphatic carbocycles. The smallest absolute Gasteiger partial charge is 0.453 e. The third-order valence-corrected chi connectivity index (χ3v) is 8.43. The number of rotatable bonds is 7. The van der Waals surface area contributed by atoms with E-state index in [9.17, 15) is 55.5 Å². The highest BCUT2D eigenvalue weighted by Crippen LogP contribution is 2.58. The maximum absolute atomic E-state index is 14.0. The number of Topliss-reactive ketones (excluding diaryl/α,β-unsaturated/α-hetero) is 2. The number of aromatic hydroxyl groups is 4. The van der Waals surface area contributed by atoms with Crippen molar-refractivity contribution in [2.24, 2.45) is 17.3 Å². The van der Waals surface area contributed by atoms with Crippen molar-refractivity contribution >= 4 is 23.2 Å². The molecule has 1 saturated heterocycles. The Hall–Kier alpha value is -2.51. The van der Waals surface area contributed by atoms with Crippen molar-refractivity contribution in [2.75, 3.05) is 0 Å². The molecule has 9 atom stereocenters. The Balaban J connectivity index is 2.21. The molecule has 17 heteroatoms. The molecule has 0 bridgehead atoms. The van der Waals surface area contributed by atoms with Crippen LogP contribution < -0.4 is 4.74 Å². The highest BCUT2D eigenvalue weighted by Gasteiger charge is 2.68. The molecule has 2 aliphatic rings. The number of carbonyl (C=O) groups excluding carboxylic acids is 2. The average Bonchev–Trinajstić information content (AvgIpc) is 2.87. The fourth-order valence-electron chi connectivity index (χ4n) is 5.68. The Morgan fingerprint density at radius 1 is 0.878 bits per heavy atom. The predicted octanol–water partition coefficient (Wildman–Crippen LogP) is -2.72. The van der Waals surface area contributed by atoms with Crippen LogP contribution in [0.3, 0.4) is 0 Å². The van der Waals surface area contributed by atoms with Crippen LogP contribution in [0.15, 0.2) is 0 Å². The van der Waals surface area contributed by atoms with E-state index in [2.05, 4.69) is 4.74 Å². The van der Waals surface area contributed by atoms with E-state index in [1.807, 2.05) is 0 Å². The molecule has 16 nitrogen and oxygen atoms in total. The van der Waals surface area contributed by atoms with Gasteiger partial charge in [-0.15, -0.1) is 11.6 Å². The summed E-state index contributed by atoms with van der Waals surface area (Å²) in [4.78, 5) is 27.1. The fourth-order valence-corrected chi connectivity index (χ4v) is 6.09. The zero-order chi connectivity index (χ0) is 31.6. The largest absolute Gasteiger partial charge is 0.504 e. The Labute approximate surface area is 236 Å². The number of benzene rings is 1. The molecule has 12 N–H and O–H groups in total. The van der Waals surface area contributed by atoms with Crippen molar-refractivity contribution in [3.8, 4) is 28.7 Å². The molecule has 1 aromatic rings. The van der Waals surface area contributed by atoms with Crippen molar-refractivity contribution in [1.82, 2.24) is 0 Å². The molecular formula is C24H33ClO16. The van der Waals surface area contributed by atoms with Crippen LogP contribution in [0.5, 0.6) is 28.7 Å². The van der Waals surface area contributed by atoms with Crippen LogP contribution in [0.25, 0.3) is 0 Å². The molecule has 2 fully saturated rings. The van der Waals surface area contributed by atoms with Gasteiger partial charge in [0.15, 0.2) is 23.1 Å². The van der Waals surface area contributed by atoms with Gasteiger partial charge in [0, 0.05) is 5.92 Å². The number of alkyl halides is 1. The first-order valence-corrected chi connectivity index (χ1v) is 12.9. The summed E-state index contributed by atoms with van der Waals surface area (Å²) in [6.45, 7) is 4.22. The first-order chi connectivity index (χ1) is 18.7. The molecule has 3 rings (SSSR count). The van der Waals surface area contributed by atoms with Crippen LogP contribution in [0, 0.1) is 17.3 Å². The van der Waals surface area contributed by atoms with Gasteiger partial charge in [-0.2, -0.15) is 0 Å². The van der Waals surface area contributed by atoms with Crippen LogP contribution in [0.2, 0.25) is 0 Å². The number of phenolic OH excluding ortho intramolecular Hbond substituents is 4. The summed E-state index contributed by atoms with van der Waals surface area (Å²) < 4.78 is 9.79. The zero-order valence-electron chi connectivity index (χ0n) is 21.9. The minimum Gasteiger partial charge on any atom is -0.504 e. The fraction of sp³-hybridized carbons (Fsp3) is 0.667. The lowest BCUT2D eigenvalue weighted by Gasteiger charge is -2.53. The second-order valence-electron chi connectivity index (χ2n) is 10.4. The molecular weight excluding hydrogens is 580 g/mol. The van der Waals surface area contributed by atoms with Crippen molar-refractivity contribution in [3.05, 3.63) is 5.56 Å². The first-order valence-electron chi connectivity index (χ1n) is 12.4. The summed E-state index contributed by atoms with van der Waals surface area (Å²) in [7, 11) is 0. The van der Waals surface area contributed by atoms with Crippen LogP contribution in [-0.2, 0) is 20.1 Å². The summed E-state index contributed by atoms with van der Waals surface area (Å²) >= 11 is 6.09. The van der Waals surface area contributed by atoms with Crippen LogP contribution in [0.4, 0.5) is 0 Å². The number of halogens is 1. The number of hydrogen-bond acceptors (Lipinski definition) is 16. The lowest BCUT2D eigenvalue weighted by molar-refractivity contribution is -0.420. The maximum Gasteiger partial charge on any atom is 0.453 e. The van der Waals surface area contributed by atoms with E-state index in [0.717, 1.165) is 6.92 Å². The zero-order valence-corrected chi connectivity index (χ0v) is 22.7. The molecule has 1 aliphatic heterocycles. The minimum atomic E-state index is -4.07. The Kier molecular flexibility index (Phi) is 8.82. The normalized spacial score (nSPS) is 35.0. The molecule has 9 unspecified atom stereocenters. The first kappa shape index (κ1) is 33.0. The summed E-state index contributed by atoms with van der Waals surface area (Å²) in [5.41, 5.74) is -4.10. The van der Waals surface area contributed by atoms with E-state index >= 15 is 0 Å². The lowest BCUT2D eigenvalue weighted by atomic mass is 9.59. The van der Waals surface area contributed by atoms with Crippen LogP contribution >= 0.6 is 11.6 Å². The van der Waals surface area contributed by atoms with Gasteiger partial charge in [-0.05, 0) is 19.8 Å². The minimum absolute atomic E-state index is 0.171. The highest BCUT2D eigenvalue weighted by atomic mass is 35.5. The van der Waals surface area contributed by atoms with E-state index in [1.54, 1.807) is 13.8 Å². The topological polar surface area (TPSA) is 295 Å². The van der Waals surface area contributed by atoms with Gasteiger partial charge in [0.2, 0.25) is 23.0 Å². The lowest BCUT2D eigenvalue weighted by Crippen LogP contribution is -2.71. The van der Waals surface area contributed by atoms with Gasteiger partial charge in [-0.1, -0.05) is 13.8 Å². The number of aliphatic hydroxyl groups is 8. The van der Waals surface area contributed by atoms with Crippen molar-refractivity contribution < 1.29 is 80.3 Å². The van der Waals surface area contributed by atoms with Gasteiger partial charge in [-0.25, -0.2) is 0 Å². The van der Waals surface area contributed by atoms with E-state index in [1.165, 1.54) is 0 Å². The van der Waals surface area contributed by atoms with Crippen LogP contribution in [-0.4, -0.2) is 115 Å². The number of aliphatic hydroxyl groups excluding tert-OH is 3. The van der Waals surface area contributed by atoms with Gasteiger partial charge in [-0.3, -0.25) is 9.59 Å². The third-order valence-electron chi connectivity index (χ3n) is 7.96. The van der Waals surface area contributed by atoms with E-state index in [4.69, 9.17) is 31.7 Å². The number of ketones is 2. The van der Waals surface area contributed by atoms with E-state index in [-0.39, 0.29) is 12.8 Å². The van der Waals surface area contributed by atoms with Gasteiger partial charge < -0.3 is 70.8 Å². The SMILES string of the molecule is CCC1OC(C2(C)C(=O)C(C(O)(O)c3c(O)c(O)c(OC(O)(O)O)c(O)c3O)C(Cl)C(=O)C2O)C(O)C(CC)C1O. The van der Waals surface area contributed by atoms with Crippen LogP contribution in [0.1, 0.15) is 39.2 Å². The predicted molar refractivity (Wildman–Crippen MR) is 131 cm³/mol. The number of ether oxygens (including phenoxy) is 2. The Morgan fingerprint density at radius 2 is 1.39 bits per heavy atom. The maximum atomic E-state index is 14.0. The summed E-state index contributed by atoms with van der Waals surface area (Å²) in [5, 5.41) is 121. The standard InChI is InChI=1S/C24H33ClO16/c1-4-6-11(26)7(5-2)40-21(12(6)27)22(3)19(33)8(10(25)15(30)20(22)34)23(35,36)9-13(28)16(31)18(17(32)14(9)29)41-24(37,38)39/h6-8,10-12,20-21,26-29,31-32,34-39H,4-5H2,1-3H3. The highest BCUT2D eigenvalue weighted by molar-refractivity contribution is 6.35. The average molecular weight is 613 g/mol. The summed E-state index contributed by atoms with van der Waals surface area (Å²) in [5.74, 6) is -18.7. The molecule has 0 spiro atoms. The van der Waals surface area contributed by atoms with Crippen molar-refractivity contribution in [1.29, 1.82) is 0 Å². The van der Waals surface area contributed by atoms with Gasteiger partial charge in [0.1, 0.15) is 23.0 Å². The molecule has 41 heavy (non-hydrogen) atoms. The molecule has 1 saturated carbocycles. The van der Waals surface area contributed by atoms with Crippen molar-refractivity contribution in [3.63, 3.8) is 0 Å². The van der Waals surface area contributed by atoms with Gasteiger partial charge >= 0.3 is 6.16 Å². The van der Waals surface area contributed by atoms with Gasteiger partial charge in [0.05, 0.1) is 29.8 Å². The number of hydrogen-bond donors (Lipinski definition) is 12. The second kappa shape index (κ2) is 11.0. The van der Waals surface area contributed by atoms with Crippen molar-refractivity contribution in [2.45, 2.75) is 81.5 Å².